The highest BCUT2D eigenvalue weighted by Crippen LogP contribution is 2.33. The SMILES string of the molecule is Cc1cccc(SC2CCCCC2N)c1. The predicted octanol–water partition coefficient (Wildman–Crippen LogP) is 3.36. The Balaban J connectivity index is 2.01. The lowest BCUT2D eigenvalue weighted by Gasteiger charge is -2.27. The van der Waals surface area contributed by atoms with Gasteiger partial charge in [-0.05, 0) is 31.9 Å². The van der Waals surface area contributed by atoms with E-state index in [9.17, 15) is 0 Å². The topological polar surface area (TPSA) is 26.0 Å². The summed E-state index contributed by atoms with van der Waals surface area (Å²) in [5.74, 6) is 0. The van der Waals surface area contributed by atoms with E-state index in [0.29, 0.717) is 11.3 Å². The zero-order valence-electron chi connectivity index (χ0n) is 9.28. The molecule has 0 aliphatic heterocycles. The number of nitrogens with two attached hydrogens (primary N) is 1. The Morgan fingerprint density at radius 3 is 2.80 bits per heavy atom. The lowest BCUT2D eigenvalue weighted by atomic mass is 9.96. The van der Waals surface area contributed by atoms with E-state index in [0.717, 1.165) is 0 Å². The van der Waals surface area contributed by atoms with Crippen LogP contribution in [0.3, 0.4) is 0 Å². The summed E-state index contributed by atoms with van der Waals surface area (Å²) in [5.41, 5.74) is 7.48. The van der Waals surface area contributed by atoms with Gasteiger partial charge in [-0.15, -0.1) is 11.8 Å². The number of thioether (sulfide) groups is 1. The Hall–Kier alpha value is -0.470. The van der Waals surface area contributed by atoms with Crippen LogP contribution >= 0.6 is 11.8 Å². The van der Waals surface area contributed by atoms with Crippen LogP contribution in [0.5, 0.6) is 0 Å². The second kappa shape index (κ2) is 5.04. The van der Waals surface area contributed by atoms with Crippen LogP contribution in [0.2, 0.25) is 0 Å². The van der Waals surface area contributed by atoms with Crippen molar-refractivity contribution in [2.75, 3.05) is 0 Å². The molecule has 1 aliphatic carbocycles. The van der Waals surface area contributed by atoms with Gasteiger partial charge in [0.15, 0.2) is 0 Å². The average Bonchev–Trinajstić information content (AvgIpc) is 2.22. The fraction of sp³-hybridized carbons (Fsp3) is 0.538. The van der Waals surface area contributed by atoms with Crippen molar-refractivity contribution in [2.45, 2.75) is 48.8 Å². The van der Waals surface area contributed by atoms with Gasteiger partial charge in [0.1, 0.15) is 0 Å². The lowest BCUT2D eigenvalue weighted by molar-refractivity contribution is 0.453. The summed E-state index contributed by atoms with van der Waals surface area (Å²) in [6.45, 7) is 2.14. The molecule has 0 aromatic heterocycles. The molecule has 2 rings (SSSR count). The number of hydrogen-bond donors (Lipinski definition) is 1. The molecule has 0 spiro atoms. The van der Waals surface area contributed by atoms with Crippen LogP contribution in [-0.4, -0.2) is 11.3 Å². The first-order valence-corrected chi connectivity index (χ1v) is 6.62. The first-order valence-electron chi connectivity index (χ1n) is 5.74. The van der Waals surface area contributed by atoms with Gasteiger partial charge >= 0.3 is 0 Å². The lowest BCUT2D eigenvalue weighted by Crippen LogP contribution is -2.35. The summed E-state index contributed by atoms with van der Waals surface area (Å²) in [6.07, 6.45) is 5.13. The fourth-order valence-electron chi connectivity index (χ4n) is 2.14. The fourth-order valence-corrected chi connectivity index (χ4v) is 3.49. The second-order valence-corrected chi connectivity index (χ2v) is 5.73. The number of hydrogen-bond acceptors (Lipinski definition) is 2. The third-order valence-corrected chi connectivity index (χ3v) is 4.44. The molecule has 0 saturated heterocycles. The predicted molar refractivity (Wildman–Crippen MR) is 67.3 cm³/mol. The molecular weight excluding hydrogens is 202 g/mol. The maximum atomic E-state index is 6.14. The molecular formula is C13H19NS. The van der Waals surface area contributed by atoms with Crippen molar-refractivity contribution in [1.82, 2.24) is 0 Å². The zero-order chi connectivity index (χ0) is 10.7. The Morgan fingerprint density at radius 1 is 1.27 bits per heavy atom. The van der Waals surface area contributed by atoms with E-state index in [-0.39, 0.29) is 0 Å². The Labute approximate surface area is 96.4 Å². The minimum atomic E-state index is 0.393. The van der Waals surface area contributed by atoms with Crippen LogP contribution in [0.4, 0.5) is 0 Å². The highest BCUT2D eigenvalue weighted by molar-refractivity contribution is 8.00. The van der Waals surface area contributed by atoms with Crippen LogP contribution < -0.4 is 5.73 Å². The first kappa shape index (κ1) is 11.0. The van der Waals surface area contributed by atoms with Crippen molar-refractivity contribution in [3.8, 4) is 0 Å². The molecule has 0 heterocycles. The Bertz CT molecular complexity index is 324. The summed E-state index contributed by atoms with van der Waals surface area (Å²) in [6, 6.07) is 9.12. The van der Waals surface area contributed by atoms with Crippen molar-refractivity contribution in [1.29, 1.82) is 0 Å². The van der Waals surface area contributed by atoms with E-state index in [1.807, 2.05) is 11.8 Å². The molecule has 1 aliphatic rings. The minimum Gasteiger partial charge on any atom is -0.327 e. The van der Waals surface area contributed by atoms with Crippen LogP contribution in [0, 0.1) is 6.92 Å². The normalized spacial score (nSPS) is 26.5. The van der Waals surface area contributed by atoms with E-state index >= 15 is 0 Å². The number of rotatable bonds is 2. The second-order valence-electron chi connectivity index (χ2n) is 4.42. The van der Waals surface area contributed by atoms with Crippen LogP contribution in [0.15, 0.2) is 29.2 Å². The molecule has 2 heteroatoms. The molecule has 1 fully saturated rings. The smallest absolute Gasteiger partial charge is 0.0246 e. The average molecular weight is 221 g/mol. The molecule has 82 valence electrons. The highest BCUT2D eigenvalue weighted by Gasteiger charge is 2.22. The van der Waals surface area contributed by atoms with Gasteiger partial charge in [0.25, 0.3) is 0 Å². The first-order chi connectivity index (χ1) is 7.25. The van der Waals surface area contributed by atoms with Gasteiger partial charge in [0.2, 0.25) is 0 Å². The van der Waals surface area contributed by atoms with Gasteiger partial charge in [-0.2, -0.15) is 0 Å². The molecule has 0 amide bonds. The van der Waals surface area contributed by atoms with Gasteiger partial charge in [-0.1, -0.05) is 30.5 Å². The Morgan fingerprint density at radius 2 is 2.07 bits per heavy atom. The molecule has 0 radical (unpaired) electrons. The van der Waals surface area contributed by atoms with Crippen LogP contribution in [0.1, 0.15) is 31.2 Å². The monoisotopic (exact) mass is 221 g/mol. The van der Waals surface area contributed by atoms with Crippen molar-refractivity contribution >= 4 is 11.8 Å². The largest absolute Gasteiger partial charge is 0.327 e. The third kappa shape index (κ3) is 2.99. The highest BCUT2D eigenvalue weighted by atomic mass is 32.2. The maximum Gasteiger partial charge on any atom is 0.0246 e. The summed E-state index contributed by atoms with van der Waals surface area (Å²) >= 11 is 1.96. The van der Waals surface area contributed by atoms with Gasteiger partial charge in [-0.3, -0.25) is 0 Å². The molecule has 1 aromatic rings. The molecule has 0 bridgehead atoms. The Kier molecular flexibility index (Phi) is 3.71. The number of aryl methyl sites for hydroxylation is 1. The molecule has 2 N–H and O–H groups in total. The van der Waals surface area contributed by atoms with Gasteiger partial charge in [0, 0.05) is 16.2 Å². The van der Waals surface area contributed by atoms with E-state index in [1.54, 1.807) is 0 Å². The van der Waals surface area contributed by atoms with Crippen molar-refractivity contribution in [3.05, 3.63) is 29.8 Å². The third-order valence-electron chi connectivity index (χ3n) is 3.03. The van der Waals surface area contributed by atoms with E-state index in [2.05, 4.69) is 31.2 Å². The molecule has 1 nitrogen and oxygen atoms in total. The zero-order valence-corrected chi connectivity index (χ0v) is 10.1. The summed E-state index contributed by atoms with van der Waals surface area (Å²) in [4.78, 5) is 1.37. The maximum absolute atomic E-state index is 6.14. The number of benzene rings is 1. The summed E-state index contributed by atoms with van der Waals surface area (Å²) in [7, 11) is 0. The van der Waals surface area contributed by atoms with Crippen LogP contribution in [-0.2, 0) is 0 Å². The molecule has 2 atom stereocenters. The molecule has 1 aromatic carbocycles. The quantitative estimate of drug-likeness (QED) is 0.828. The van der Waals surface area contributed by atoms with E-state index in [1.165, 1.54) is 36.1 Å². The van der Waals surface area contributed by atoms with E-state index < -0.39 is 0 Å². The molecule has 1 saturated carbocycles. The standard InChI is InChI=1S/C13H19NS/c1-10-5-4-6-11(9-10)15-13-8-3-2-7-12(13)14/h4-6,9,12-13H,2-3,7-8,14H2,1H3. The van der Waals surface area contributed by atoms with E-state index in [4.69, 9.17) is 5.73 Å². The summed E-state index contributed by atoms with van der Waals surface area (Å²) < 4.78 is 0. The van der Waals surface area contributed by atoms with Crippen molar-refractivity contribution in [3.63, 3.8) is 0 Å². The minimum absolute atomic E-state index is 0.393. The molecule has 15 heavy (non-hydrogen) atoms. The molecule has 2 unspecified atom stereocenters. The van der Waals surface area contributed by atoms with Gasteiger partial charge in [0.05, 0.1) is 0 Å². The van der Waals surface area contributed by atoms with Crippen molar-refractivity contribution < 1.29 is 0 Å². The summed E-state index contributed by atoms with van der Waals surface area (Å²) in [5, 5.41) is 0.626. The van der Waals surface area contributed by atoms with Gasteiger partial charge in [-0.25, -0.2) is 0 Å². The van der Waals surface area contributed by atoms with Gasteiger partial charge < -0.3 is 5.73 Å². The van der Waals surface area contributed by atoms with Crippen LogP contribution in [0.25, 0.3) is 0 Å². The van der Waals surface area contributed by atoms with Crippen molar-refractivity contribution in [2.24, 2.45) is 5.73 Å².